The van der Waals surface area contributed by atoms with Gasteiger partial charge >= 0.3 is 12.0 Å². The predicted molar refractivity (Wildman–Crippen MR) is 138 cm³/mol. The quantitative estimate of drug-likeness (QED) is 0.378. The van der Waals surface area contributed by atoms with E-state index in [1.54, 1.807) is 18.2 Å². The minimum atomic E-state index is -0.239. The molecule has 1 aromatic carbocycles. The fraction of sp³-hybridized carbons (Fsp3) is 0.385. The van der Waals surface area contributed by atoms with Crippen molar-refractivity contribution in [2.45, 2.75) is 46.1 Å². The zero-order valence-electron chi connectivity index (χ0n) is 20.2. The van der Waals surface area contributed by atoms with Gasteiger partial charge in [0.05, 0.1) is 23.1 Å². The van der Waals surface area contributed by atoms with Gasteiger partial charge in [0, 0.05) is 17.8 Å². The van der Waals surface area contributed by atoms with Crippen LogP contribution in [0, 0.1) is 17.8 Å². The molecule has 0 aliphatic heterocycles. The lowest BCUT2D eigenvalue weighted by Gasteiger charge is -2.37. The summed E-state index contributed by atoms with van der Waals surface area (Å²) in [5, 5.41) is 6.49. The van der Waals surface area contributed by atoms with Gasteiger partial charge in [-0.1, -0.05) is 50.9 Å². The van der Waals surface area contributed by atoms with E-state index in [0.29, 0.717) is 40.0 Å². The highest BCUT2D eigenvalue weighted by molar-refractivity contribution is 6.30. The van der Waals surface area contributed by atoms with Crippen molar-refractivity contribution in [2.75, 3.05) is 11.1 Å². The number of urea groups is 1. The Morgan fingerprint density at radius 3 is 2.51 bits per heavy atom. The van der Waals surface area contributed by atoms with Crippen molar-refractivity contribution < 1.29 is 9.53 Å². The Balaban J connectivity index is 1.34. The number of nitrogens with zero attached hydrogens (tertiary/aromatic N) is 3. The summed E-state index contributed by atoms with van der Waals surface area (Å²) < 4.78 is 5.73. The van der Waals surface area contributed by atoms with Gasteiger partial charge in [0.1, 0.15) is 11.6 Å². The highest BCUT2D eigenvalue weighted by Gasteiger charge is 2.31. The second kappa shape index (κ2) is 10.9. The number of ether oxygens (including phenoxy) is 1. The molecule has 0 spiro atoms. The Morgan fingerprint density at radius 1 is 1.11 bits per heavy atom. The van der Waals surface area contributed by atoms with E-state index >= 15 is 0 Å². The van der Waals surface area contributed by atoms with Crippen LogP contribution in [0.2, 0.25) is 5.02 Å². The van der Waals surface area contributed by atoms with Gasteiger partial charge < -0.3 is 21.1 Å². The van der Waals surface area contributed by atoms with Crippen LogP contribution in [0.25, 0.3) is 11.1 Å². The second-order valence-electron chi connectivity index (χ2n) is 9.50. The maximum Gasteiger partial charge on any atom is 0.322 e. The molecule has 9 heteroatoms. The molecule has 3 aromatic rings. The molecule has 3 atom stereocenters. The molecule has 4 rings (SSSR count). The van der Waals surface area contributed by atoms with Gasteiger partial charge in [-0.3, -0.25) is 0 Å². The summed E-state index contributed by atoms with van der Waals surface area (Å²) in [5.41, 5.74) is 8.06. The molecule has 2 aromatic heterocycles. The topological polar surface area (TPSA) is 115 Å². The van der Waals surface area contributed by atoms with Gasteiger partial charge in [-0.15, -0.1) is 0 Å². The number of anilines is 2. The van der Waals surface area contributed by atoms with E-state index in [0.717, 1.165) is 24.0 Å². The lowest BCUT2D eigenvalue weighted by Crippen LogP contribution is -2.47. The molecule has 1 aliphatic carbocycles. The summed E-state index contributed by atoms with van der Waals surface area (Å²) in [6, 6.07) is 9.16. The monoisotopic (exact) mass is 494 g/mol. The largest absolute Gasteiger partial charge is 0.424 e. The second-order valence-corrected chi connectivity index (χ2v) is 9.93. The number of hydrogen-bond donors (Lipinski definition) is 3. The zero-order valence-corrected chi connectivity index (χ0v) is 20.9. The Labute approximate surface area is 210 Å². The van der Waals surface area contributed by atoms with Crippen molar-refractivity contribution in [2.24, 2.45) is 17.8 Å². The van der Waals surface area contributed by atoms with Gasteiger partial charge in [0.25, 0.3) is 0 Å². The van der Waals surface area contributed by atoms with Gasteiger partial charge in [-0.25, -0.2) is 19.7 Å². The van der Waals surface area contributed by atoms with Crippen LogP contribution in [0.4, 0.5) is 16.3 Å². The number of halogens is 1. The van der Waals surface area contributed by atoms with Crippen LogP contribution in [0.3, 0.4) is 0 Å². The number of carbonyl (C=O) groups is 1. The summed E-state index contributed by atoms with van der Waals surface area (Å²) >= 11 is 6.03. The lowest BCUT2D eigenvalue weighted by atomic mass is 9.74. The average molecular weight is 495 g/mol. The summed E-state index contributed by atoms with van der Waals surface area (Å²) in [4.78, 5) is 25.1. The molecule has 1 aliphatic rings. The first-order valence-corrected chi connectivity index (χ1v) is 12.2. The number of hydrogen-bond acceptors (Lipinski definition) is 6. The number of nitrogens with two attached hydrogens (primary N) is 1. The molecule has 2 heterocycles. The number of aromatic nitrogens is 3. The van der Waals surface area contributed by atoms with Crippen molar-refractivity contribution in [3.63, 3.8) is 0 Å². The molecule has 4 N–H and O–H groups in total. The fourth-order valence-corrected chi connectivity index (χ4v) is 4.78. The van der Waals surface area contributed by atoms with E-state index in [2.05, 4.69) is 46.4 Å². The first-order chi connectivity index (χ1) is 16.8. The molecule has 0 bridgehead atoms. The summed E-state index contributed by atoms with van der Waals surface area (Å²) in [7, 11) is 0. The van der Waals surface area contributed by atoms with Crippen molar-refractivity contribution in [3.8, 4) is 22.9 Å². The average Bonchev–Trinajstić information content (AvgIpc) is 2.82. The molecule has 1 fully saturated rings. The van der Waals surface area contributed by atoms with Gasteiger partial charge in [0.2, 0.25) is 0 Å². The molecule has 2 amide bonds. The smallest absolute Gasteiger partial charge is 0.322 e. The molecular weight excluding hydrogens is 464 g/mol. The number of nitrogen functional groups attached to an aromatic ring is 1. The van der Waals surface area contributed by atoms with Gasteiger partial charge in [0.15, 0.2) is 0 Å². The number of carbonyl (C=O) groups excluding carboxylic acids is 1. The van der Waals surface area contributed by atoms with Crippen LogP contribution in [0.5, 0.6) is 11.8 Å². The number of nitrogens with one attached hydrogen (secondary N) is 2. The zero-order chi connectivity index (χ0) is 24.9. The number of pyridine rings is 1. The van der Waals surface area contributed by atoms with E-state index < -0.39 is 0 Å². The third kappa shape index (κ3) is 6.39. The minimum absolute atomic E-state index is 0.170. The first-order valence-electron chi connectivity index (χ1n) is 11.9. The van der Waals surface area contributed by atoms with Crippen molar-refractivity contribution in [3.05, 3.63) is 53.9 Å². The van der Waals surface area contributed by atoms with E-state index in [4.69, 9.17) is 22.1 Å². The summed E-state index contributed by atoms with van der Waals surface area (Å²) in [6.07, 6.45) is 7.92. The fourth-order valence-electron chi connectivity index (χ4n) is 4.63. The van der Waals surface area contributed by atoms with Crippen molar-refractivity contribution >= 4 is 29.1 Å². The predicted octanol–water partition coefficient (Wildman–Crippen LogP) is 6.15. The number of amides is 2. The van der Waals surface area contributed by atoms with Crippen LogP contribution in [-0.4, -0.2) is 27.0 Å². The molecular formula is C26H31ClN6O2. The molecule has 0 unspecified atom stereocenters. The third-order valence-electron chi connectivity index (χ3n) is 6.48. The SMILES string of the molecule is CC(C)[C@@H]1CC[C@@H](C)C[C@H]1NC(=O)Nc1cnc(Oc2ccc(-c3cc(Cl)cnc3N)cc2)nc1. The van der Waals surface area contributed by atoms with Crippen LogP contribution < -0.4 is 21.1 Å². The minimum Gasteiger partial charge on any atom is -0.424 e. The normalized spacial score (nSPS) is 19.9. The van der Waals surface area contributed by atoms with Gasteiger partial charge in [-0.05, 0) is 54.4 Å². The first kappa shape index (κ1) is 24.7. The Kier molecular flexibility index (Phi) is 7.70. The molecule has 1 saturated carbocycles. The van der Waals surface area contributed by atoms with E-state index in [1.165, 1.54) is 25.0 Å². The molecule has 0 radical (unpaired) electrons. The maximum atomic E-state index is 12.6. The van der Waals surface area contributed by atoms with Crippen LogP contribution >= 0.6 is 11.6 Å². The molecule has 184 valence electrons. The van der Waals surface area contributed by atoms with Crippen LogP contribution in [0.1, 0.15) is 40.0 Å². The van der Waals surface area contributed by atoms with Crippen molar-refractivity contribution in [1.82, 2.24) is 20.3 Å². The van der Waals surface area contributed by atoms with Crippen LogP contribution in [0.15, 0.2) is 48.9 Å². The Bertz CT molecular complexity index is 1150. The summed E-state index contributed by atoms with van der Waals surface area (Å²) in [6.45, 7) is 6.68. The maximum absolute atomic E-state index is 12.6. The number of rotatable bonds is 6. The van der Waals surface area contributed by atoms with Crippen LogP contribution in [-0.2, 0) is 0 Å². The molecule has 35 heavy (non-hydrogen) atoms. The lowest BCUT2D eigenvalue weighted by molar-refractivity contribution is 0.172. The summed E-state index contributed by atoms with van der Waals surface area (Å²) in [5.74, 6) is 2.59. The Morgan fingerprint density at radius 2 is 1.83 bits per heavy atom. The van der Waals surface area contributed by atoms with E-state index in [9.17, 15) is 4.79 Å². The number of benzene rings is 1. The molecule has 8 nitrogen and oxygen atoms in total. The Hall–Kier alpha value is -3.39. The standard InChI is InChI=1S/C26H31ClN6O2/c1-15(2)21-9-4-16(3)10-23(21)33-25(34)32-19-13-30-26(31-14-19)35-20-7-5-17(6-8-20)22-11-18(27)12-29-24(22)28/h5-8,11-16,21,23H,4,9-10H2,1-3H3,(H2,28,29)(H2,32,33,34)/t16-,21+,23-/m1/s1. The third-order valence-corrected chi connectivity index (χ3v) is 6.69. The van der Waals surface area contributed by atoms with E-state index in [1.807, 2.05) is 12.1 Å². The van der Waals surface area contributed by atoms with E-state index in [-0.39, 0.29) is 18.1 Å². The highest BCUT2D eigenvalue weighted by Crippen LogP contribution is 2.33. The van der Waals surface area contributed by atoms with Gasteiger partial charge in [-0.2, -0.15) is 0 Å². The van der Waals surface area contributed by atoms with Crippen molar-refractivity contribution in [1.29, 1.82) is 0 Å². The highest BCUT2D eigenvalue weighted by atomic mass is 35.5. The molecule has 0 saturated heterocycles.